The van der Waals surface area contributed by atoms with Crippen LogP contribution >= 0.6 is 0 Å². The summed E-state index contributed by atoms with van der Waals surface area (Å²) >= 11 is 0. The minimum Gasteiger partial charge on any atom is -0.381 e. The molecule has 0 atom stereocenters. The fourth-order valence-electron chi connectivity index (χ4n) is 0.929. The number of hydrogen-bond donors (Lipinski definition) is 0. The van der Waals surface area contributed by atoms with Crippen LogP contribution in [0.5, 0.6) is 0 Å². The minimum absolute atomic E-state index is 1.05. The number of rotatable bonds is 4. The van der Waals surface area contributed by atoms with E-state index >= 15 is 0 Å². The lowest BCUT2D eigenvalue weighted by atomic mass is 10.2. The van der Waals surface area contributed by atoms with E-state index < -0.39 is 0 Å². The quantitative estimate of drug-likeness (QED) is 0.561. The molecule has 0 aromatic heterocycles. The van der Waals surface area contributed by atoms with Crippen molar-refractivity contribution in [1.82, 2.24) is 4.90 Å². The van der Waals surface area contributed by atoms with Gasteiger partial charge < -0.3 is 4.90 Å². The van der Waals surface area contributed by atoms with E-state index in [-0.39, 0.29) is 0 Å². The summed E-state index contributed by atoms with van der Waals surface area (Å²) in [4.78, 5) is 2.15. The lowest BCUT2D eigenvalue weighted by Crippen LogP contribution is -2.09. The first-order chi connectivity index (χ1) is 5.22. The Hall–Kier alpha value is -0.720. The molecule has 0 bridgehead atoms. The van der Waals surface area contributed by atoms with Crippen LogP contribution in [-0.2, 0) is 0 Å². The molecule has 0 N–H and O–H groups in total. The molecule has 0 spiro atoms. The zero-order valence-electron chi connectivity index (χ0n) is 8.09. The van der Waals surface area contributed by atoms with Gasteiger partial charge in [0.1, 0.15) is 0 Å². The fourth-order valence-corrected chi connectivity index (χ4v) is 0.929. The van der Waals surface area contributed by atoms with Gasteiger partial charge in [0, 0.05) is 26.2 Å². The predicted octanol–water partition coefficient (Wildman–Crippen LogP) is 2.81. The predicted molar refractivity (Wildman–Crippen MR) is 51.5 cm³/mol. The molecule has 11 heavy (non-hydrogen) atoms. The lowest BCUT2D eigenvalue weighted by molar-refractivity contribution is 0.500. The van der Waals surface area contributed by atoms with E-state index in [9.17, 15) is 0 Å². The van der Waals surface area contributed by atoms with Crippen molar-refractivity contribution >= 4 is 0 Å². The maximum Gasteiger partial charge on any atom is 0.0122 e. The average molecular weight is 153 g/mol. The van der Waals surface area contributed by atoms with Gasteiger partial charge in [-0.3, -0.25) is 0 Å². The molecule has 0 heterocycles. The number of hydrogen-bond acceptors (Lipinski definition) is 1. The summed E-state index contributed by atoms with van der Waals surface area (Å²) in [5.74, 6) is 0. The molecule has 0 saturated heterocycles. The van der Waals surface area contributed by atoms with Crippen LogP contribution in [0, 0.1) is 0 Å². The van der Waals surface area contributed by atoms with Crippen LogP contribution in [0.1, 0.15) is 26.7 Å². The van der Waals surface area contributed by atoms with Gasteiger partial charge in [0.25, 0.3) is 0 Å². The van der Waals surface area contributed by atoms with Crippen LogP contribution < -0.4 is 0 Å². The van der Waals surface area contributed by atoms with E-state index in [1.54, 1.807) is 0 Å². The second kappa shape index (κ2) is 6.02. The second-order valence-corrected chi connectivity index (χ2v) is 2.76. The van der Waals surface area contributed by atoms with Crippen LogP contribution in [0.2, 0.25) is 0 Å². The Morgan fingerprint density at radius 1 is 1.27 bits per heavy atom. The third-order valence-electron chi connectivity index (χ3n) is 1.64. The zero-order valence-corrected chi connectivity index (χ0v) is 8.09. The van der Waals surface area contributed by atoms with Gasteiger partial charge >= 0.3 is 0 Å². The normalized spacial score (nSPS) is 12.5. The van der Waals surface area contributed by atoms with Crippen LogP contribution in [0.3, 0.4) is 0 Å². The lowest BCUT2D eigenvalue weighted by Gasteiger charge is -2.14. The molecule has 0 aliphatic heterocycles. The third kappa shape index (κ3) is 4.65. The first-order valence-corrected chi connectivity index (χ1v) is 4.19. The Bertz CT molecular complexity index is 143. The summed E-state index contributed by atoms with van der Waals surface area (Å²) in [6.07, 6.45) is 8.75. The van der Waals surface area contributed by atoms with Crippen molar-refractivity contribution in [3.05, 3.63) is 23.9 Å². The molecule has 0 amide bonds. The summed E-state index contributed by atoms with van der Waals surface area (Å²) in [5.41, 5.74) is 1.37. The minimum atomic E-state index is 1.05. The van der Waals surface area contributed by atoms with Crippen molar-refractivity contribution in [1.29, 1.82) is 0 Å². The SMILES string of the molecule is CC=C(C/C=C\CC)N(C)C. The highest BCUT2D eigenvalue weighted by Gasteiger charge is 1.92. The van der Waals surface area contributed by atoms with Gasteiger partial charge in [-0.25, -0.2) is 0 Å². The van der Waals surface area contributed by atoms with E-state index in [1.165, 1.54) is 5.70 Å². The first-order valence-electron chi connectivity index (χ1n) is 4.19. The van der Waals surface area contributed by atoms with Gasteiger partial charge in [-0.15, -0.1) is 0 Å². The van der Waals surface area contributed by atoms with Crippen molar-refractivity contribution in [3.63, 3.8) is 0 Å². The Morgan fingerprint density at radius 2 is 1.91 bits per heavy atom. The molecular formula is C10H19N. The van der Waals surface area contributed by atoms with Crippen molar-refractivity contribution in [2.45, 2.75) is 26.7 Å². The molecular weight excluding hydrogens is 134 g/mol. The molecule has 0 aromatic carbocycles. The molecule has 0 radical (unpaired) electrons. The topological polar surface area (TPSA) is 3.24 Å². The Labute approximate surface area is 70.4 Å². The van der Waals surface area contributed by atoms with Crippen LogP contribution in [0.15, 0.2) is 23.9 Å². The maximum atomic E-state index is 2.22. The van der Waals surface area contributed by atoms with E-state index in [2.05, 4.69) is 51.1 Å². The Balaban J connectivity index is 3.81. The highest BCUT2D eigenvalue weighted by atomic mass is 15.1. The molecule has 0 rings (SSSR count). The van der Waals surface area contributed by atoms with Crippen LogP contribution in [0.25, 0.3) is 0 Å². The maximum absolute atomic E-state index is 2.22. The van der Waals surface area contributed by atoms with Gasteiger partial charge in [0.15, 0.2) is 0 Å². The standard InChI is InChI=1S/C10H19N/c1-5-7-8-9-10(6-2)11(3)4/h6-8H,5,9H2,1-4H3/b8-7-,10-6?. The second-order valence-electron chi connectivity index (χ2n) is 2.76. The van der Waals surface area contributed by atoms with E-state index in [1.807, 2.05) is 0 Å². The van der Waals surface area contributed by atoms with E-state index in [0.29, 0.717) is 0 Å². The summed E-state index contributed by atoms with van der Waals surface area (Å²) in [6.45, 7) is 4.23. The van der Waals surface area contributed by atoms with Crippen LogP contribution in [0.4, 0.5) is 0 Å². The fraction of sp³-hybridized carbons (Fsp3) is 0.600. The summed E-state index contributed by atoms with van der Waals surface area (Å²) in [6, 6.07) is 0. The Kier molecular flexibility index (Phi) is 5.63. The van der Waals surface area contributed by atoms with Gasteiger partial charge in [-0.1, -0.05) is 25.2 Å². The zero-order chi connectivity index (χ0) is 8.69. The third-order valence-corrected chi connectivity index (χ3v) is 1.64. The van der Waals surface area contributed by atoms with E-state index in [4.69, 9.17) is 0 Å². The molecule has 0 aromatic rings. The monoisotopic (exact) mass is 153 g/mol. The van der Waals surface area contributed by atoms with E-state index in [0.717, 1.165) is 12.8 Å². The van der Waals surface area contributed by atoms with Gasteiger partial charge in [-0.2, -0.15) is 0 Å². The van der Waals surface area contributed by atoms with Crippen molar-refractivity contribution in [3.8, 4) is 0 Å². The molecule has 64 valence electrons. The van der Waals surface area contributed by atoms with Gasteiger partial charge in [-0.05, 0) is 13.3 Å². The smallest absolute Gasteiger partial charge is 0.0122 e. The van der Waals surface area contributed by atoms with Crippen molar-refractivity contribution in [2.75, 3.05) is 14.1 Å². The molecule has 1 heteroatoms. The number of allylic oxidation sites excluding steroid dienone is 3. The first kappa shape index (κ1) is 10.3. The molecule has 0 saturated carbocycles. The molecule has 0 aliphatic rings. The highest BCUT2D eigenvalue weighted by Crippen LogP contribution is 2.04. The summed E-state index contributed by atoms with van der Waals surface area (Å²) in [5, 5.41) is 0. The number of nitrogens with zero attached hydrogens (tertiary/aromatic N) is 1. The molecule has 0 aliphatic carbocycles. The molecule has 0 unspecified atom stereocenters. The molecule has 1 nitrogen and oxygen atoms in total. The van der Waals surface area contributed by atoms with Gasteiger partial charge in [0.05, 0.1) is 0 Å². The average Bonchev–Trinajstić information content (AvgIpc) is 1.97. The van der Waals surface area contributed by atoms with Crippen molar-refractivity contribution in [2.24, 2.45) is 0 Å². The van der Waals surface area contributed by atoms with Crippen molar-refractivity contribution < 1.29 is 0 Å². The van der Waals surface area contributed by atoms with Gasteiger partial charge in [0.2, 0.25) is 0 Å². The molecule has 0 fully saturated rings. The van der Waals surface area contributed by atoms with Crippen LogP contribution in [-0.4, -0.2) is 19.0 Å². The summed E-state index contributed by atoms with van der Waals surface area (Å²) < 4.78 is 0. The Morgan fingerprint density at radius 3 is 2.27 bits per heavy atom. The summed E-state index contributed by atoms with van der Waals surface area (Å²) in [7, 11) is 4.16. The highest BCUT2D eigenvalue weighted by molar-refractivity contribution is 5.03. The largest absolute Gasteiger partial charge is 0.381 e.